The van der Waals surface area contributed by atoms with Gasteiger partial charge in [-0.05, 0) is 32.4 Å². The molecule has 0 aromatic carbocycles. The molecule has 2 heterocycles. The van der Waals surface area contributed by atoms with Gasteiger partial charge in [0.05, 0.1) is 5.69 Å². The summed E-state index contributed by atoms with van der Waals surface area (Å²) in [5.41, 5.74) is 3.67. The largest absolute Gasteiger partial charge is 0.301 e. The van der Waals surface area contributed by atoms with E-state index in [0.717, 1.165) is 22.6 Å². The monoisotopic (exact) mass is 178 g/mol. The molecule has 2 aromatic heterocycles. The lowest BCUT2D eigenvalue weighted by Crippen LogP contribution is -1.92. The summed E-state index contributed by atoms with van der Waals surface area (Å²) in [5, 5.41) is 0. The third-order valence-electron chi connectivity index (χ3n) is 2.35. The zero-order valence-electron chi connectivity index (χ0n) is 7.93. The Labute approximate surface area is 76.0 Å². The van der Waals surface area contributed by atoms with E-state index in [0.29, 0.717) is 0 Å². The maximum Gasteiger partial charge on any atom is 0.140 e. The minimum Gasteiger partial charge on any atom is -0.301 e. The van der Waals surface area contributed by atoms with E-state index in [4.69, 9.17) is 0 Å². The Morgan fingerprint density at radius 3 is 2.69 bits per heavy atom. The van der Waals surface area contributed by atoms with Crippen molar-refractivity contribution in [1.82, 2.24) is 9.38 Å². The van der Waals surface area contributed by atoms with Crippen molar-refractivity contribution in [3.63, 3.8) is 0 Å². The number of nitrogens with zero attached hydrogens (tertiary/aromatic N) is 2. The van der Waals surface area contributed by atoms with Crippen molar-refractivity contribution in [3.05, 3.63) is 35.0 Å². The molecule has 0 fully saturated rings. The summed E-state index contributed by atoms with van der Waals surface area (Å²) in [6, 6.07) is 1.50. The molecule has 0 saturated heterocycles. The lowest BCUT2D eigenvalue weighted by atomic mass is 10.3. The molecule has 0 saturated carbocycles. The van der Waals surface area contributed by atoms with Gasteiger partial charge in [0.1, 0.15) is 11.5 Å². The first kappa shape index (κ1) is 8.23. The highest BCUT2D eigenvalue weighted by atomic mass is 19.1. The van der Waals surface area contributed by atoms with Crippen LogP contribution in [-0.4, -0.2) is 9.38 Å². The number of rotatable bonds is 0. The normalized spacial score (nSPS) is 11.1. The van der Waals surface area contributed by atoms with Gasteiger partial charge in [-0.2, -0.15) is 0 Å². The molecule has 0 N–H and O–H groups in total. The van der Waals surface area contributed by atoms with Gasteiger partial charge in [-0.25, -0.2) is 9.37 Å². The maximum absolute atomic E-state index is 13.0. The van der Waals surface area contributed by atoms with E-state index < -0.39 is 0 Å². The summed E-state index contributed by atoms with van der Waals surface area (Å²) >= 11 is 0. The predicted molar refractivity (Wildman–Crippen MR) is 49.4 cm³/mol. The Balaban J connectivity index is 2.94. The van der Waals surface area contributed by atoms with Gasteiger partial charge in [-0.15, -0.1) is 0 Å². The van der Waals surface area contributed by atoms with Gasteiger partial charge in [0.25, 0.3) is 0 Å². The molecule has 0 atom stereocenters. The first-order valence-electron chi connectivity index (χ1n) is 4.21. The smallest absolute Gasteiger partial charge is 0.140 e. The number of hydrogen-bond acceptors (Lipinski definition) is 1. The minimum atomic E-state index is -0.217. The molecule has 2 rings (SSSR count). The van der Waals surface area contributed by atoms with Gasteiger partial charge in [0.15, 0.2) is 0 Å². The topological polar surface area (TPSA) is 17.3 Å². The van der Waals surface area contributed by atoms with Crippen molar-refractivity contribution in [2.75, 3.05) is 0 Å². The molecule has 0 bridgehead atoms. The molecule has 0 aliphatic heterocycles. The standard InChI is InChI=1S/C10H11FN2/c1-6-4-9(11)5-13-8(3)7(2)12-10(6)13/h4-5H,1-3H3. The first-order valence-corrected chi connectivity index (χ1v) is 4.21. The maximum atomic E-state index is 13.0. The zero-order valence-corrected chi connectivity index (χ0v) is 7.93. The highest BCUT2D eigenvalue weighted by Crippen LogP contribution is 2.15. The molecule has 0 radical (unpaired) electrons. The van der Waals surface area contributed by atoms with E-state index in [-0.39, 0.29) is 5.82 Å². The SMILES string of the molecule is Cc1nc2c(C)cc(F)cn2c1C. The average molecular weight is 178 g/mol. The van der Waals surface area contributed by atoms with E-state index in [1.54, 1.807) is 4.40 Å². The van der Waals surface area contributed by atoms with Gasteiger partial charge in [-0.1, -0.05) is 0 Å². The van der Waals surface area contributed by atoms with E-state index in [1.165, 1.54) is 12.3 Å². The molecule has 2 aromatic rings. The lowest BCUT2D eigenvalue weighted by Gasteiger charge is -1.99. The van der Waals surface area contributed by atoms with E-state index in [1.807, 2.05) is 20.8 Å². The van der Waals surface area contributed by atoms with Crippen LogP contribution in [0.1, 0.15) is 17.0 Å². The quantitative estimate of drug-likeness (QED) is 0.605. The third-order valence-corrected chi connectivity index (χ3v) is 2.35. The van der Waals surface area contributed by atoms with E-state index in [9.17, 15) is 4.39 Å². The molecule has 0 aliphatic carbocycles. The first-order chi connectivity index (χ1) is 6.09. The lowest BCUT2D eigenvalue weighted by molar-refractivity contribution is 0.617. The fourth-order valence-electron chi connectivity index (χ4n) is 1.49. The number of halogens is 1. The van der Waals surface area contributed by atoms with Crippen molar-refractivity contribution in [1.29, 1.82) is 0 Å². The van der Waals surface area contributed by atoms with E-state index >= 15 is 0 Å². The summed E-state index contributed by atoms with van der Waals surface area (Å²) in [7, 11) is 0. The molecule has 0 aliphatic rings. The fraction of sp³-hybridized carbons (Fsp3) is 0.300. The number of fused-ring (bicyclic) bond motifs is 1. The Morgan fingerprint density at radius 2 is 2.00 bits per heavy atom. The van der Waals surface area contributed by atoms with Gasteiger partial charge in [0.2, 0.25) is 0 Å². The number of aromatic nitrogens is 2. The van der Waals surface area contributed by atoms with Crippen LogP contribution in [0.25, 0.3) is 5.65 Å². The van der Waals surface area contributed by atoms with Crippen LogP contribution < -0.4 is 0 Å². The van der Waals surface area contributed by atoms with Crippen LogP contribution >= 0.6 is 0 Å². The highest BCUT2D eigenvalue weighted by molar-refractivity contribution is 5.50. The summed E-state index contributed by atoms with van der Waals surface area (Å²) in [4.78, 5) is 4.35. The van der Waals surface area contributed by atoms with Gasteiger partial charge >= 0.3 is 0 Å². The van der Waals surface area contributed by atoms with Crippen LogP contribution in [-0.2, 0) is 0 Å². The molecule has 0 spiro atoms. The molecular weight excluding hydrogens is 167 g/mol. The van der Waals surface area contributed by atoms with Crippen LogP contribution in [0.4, 0.5) is 4.39 Å². The van der Waals surface area contributed by atoms with Crippen molar-refractivity contribution >= 4 is 5.65 Å². The summed E-state index contributed by atoms with van der Waals surface area (Å²) in [6.45, 7) is 5.73. The fourth-order valence-corrected chi connectivity index (χ4v) is 1.49. The Morgan fingerprint density at radius 1 is 1.31 bits per heavy atom. The van der Waals surface area contributed by atoms with Gasteiger partial charge < -0.3 is 4.40 Å². The van der Waals surface area contributed by atoms with Crippen molar-refractivity contribution in [3.8, 4) is 0 Å². The third kappa shape index (κ3) is 1.11. The summed E-state index contributed by atoms with van der Waals surface area (Å²) in [6.07, 6.45) is 1.47. The number of imidazole rings is 1. The van der Waals surface area contributed by atoms with Gasteiger partial charge in [0, 0.05) is 11.9 Å². The molecule has 3 heteroatoms. The predicted octanol–water partition coefficient (Wildman–Crippen LogP) is 2.40. The number of aryl methyl sites for hydroxylation is 3. The van der Waals surface area contributed by atoms with Crippen molar-refractivity contribution in [2.24, 2.45) is 0 Å². The second kappa shape index (κ2) is 2.55. The van der Waals surface area contributed by atoms with Crippen molar-refractivity contribution in [2.45, 2.75) is 20.8 Å². The zero-order chi connectivity index (χ0) is 9.59. The molecule has 2 nitrogen and oxygen atoms in total. The molecule has 0 amide bonds. The molecule has 13 heavy (non-hydrogen) atoms. The summed E-state index contributed by atoms with van der Waals surface area (Å²) in [5.74, 6) is -0.217. The van der Waals surface area contributed by atoms with Crippen molar-refractivity contribution < 1.29 is 4.39 Å². The number of hydrogen-bond donors (Lipinski definition) is 0. The van der Waals surface area contributed by atoms with Gasteiger partial charge in [-0.3, -0.25) is 0 Å². The second-order valence-corrected chi connectivity index (χ2v) is 3.32. The second-order valence-electron chi connectivity index (χ2n) is 3.32. The molecule has 68 valence electrons. The molecular formula is C10H11FN2. The van der Waals surface area contributed by atoms with Crippen LogP contribution in [0.2, 0.25) is 0 Å². The average Bonchev–Trinajstić information content (AvgIpc) is 2.32. The highest BCUT2D eigenvalue weighted by Gasteiger charge is 2.07. The van der Waals surface area contributed by atoms with Crippen LogP contribution in [0.3, 0.4) is 0 Å². The van der Waals surface area contributed by atoms with Crippen LogP contribution in [0.5, 0.6) is 0 Å². The van der Waals surface area contributed by atoms with Crippen LogP contribution in [0.15, 0.2) is 12.3 Å². The minimum absolute atomic E-state index is 0.217. The van der Waals surface area contributed by atoms with E-state index in [2.05, 4.69) is 4.98 Å². The summed E-state index contributed by atoms with van der Waals surface area (Å²) < 4.78 is 14.8. The molecule has 0 unspecified atom stereocenters. The Hall–Kier alpha value is -1.38. The van der Waals surface area contributed by atoms with Crippen LogP contribution in [0, 0.1) is 26.6 Å². The number of pyridine rings is 1. The Bertz CT molecular complexity index is 471. The Kier molecular flexibility index (Phi) is 1.62.